The molecule has 1 unspecified atom stereocenters. The Labute approximate surface area is 94.9 Å². The zero-order valence-corrected chi connectivity index (χ0v) is 9.44. The lowest BCUT2D eigenvalue weighted by atomic mass is 10.1. The molecule has 0 amide bonds. The standard InChI is InChI=1S/C12H11NO2S/c13-9-10-6-7-12(8-10)16(14,15)11-4-2-1-3-5-11/h1-5,7,10H,6,8H2. The van der Waals surface area contributed by atoms with E-state index in [-0.39, 0.29) is 5.92 Å². The van der Waals surface area contributed by atoms with Crippen LogP contribution in [0.5, 0.6) is 0 Å². The van der Waals surface area contributed by atoms with Crippen molar-refractivity contribution in [1.82, 2.24) is 0 Å². The van der Waals surface area contributed by atoms with Crippen LogP contribution >= 0.6 is 0 Å². The van der Waals surface area contributed by atoms with Crippen LogP contribution < -0.4 is 0 Å². The summed E-state index contributed by atoms with van der Waals surface area (Å²) in [6, 6.07) is 10.4. The first kappa shape index (κ1) is 10.9. The molecule has 2 rings (SSSR count). The molecule has 0 spiro atoms. The van der Waals surface area contributed by atoms with Crippen molar-refractivity contribution in [2.75, 3.05) is 0 Å². The van der Waals surface area contributed by atoms with Crippen molar-refractivity contribution < 1.29 is 8.42 Å². The molecule has 1 aromatic carbocycles. The fourth-order valence-corrected chi connectivity index (χ4v) is 3.31. The summed E-state index contributed by atoms with van der Waals surface area (Å²) < 4.78 is 24.2. The summed E-state index contributed by atoms with van der Waals surface area (Å²) in [4.78, 5) is 0.685. The van der Waals surface area contributed by atoms with Crippen LogP contribution in [0.4, 0.5) is 0 Å². The Balaban J connectivity index is 2.33. The molecule has 4 heteroatoms. The Kier molecular flexibility index (Phi) is 2.80. The van der Waals surface area contributed by atoms with Gasteiger partial charge in [-0.05, 0) is 25.0 Å². The molecular formula is C12H11NO2S. The van der Waals surface area contributed by atoms with Gasteiger partial charge in [0.25, 0.3) is 0 Å². The first-order valence-electron chi connectivity index (χ1n) is 5.03. The highest BCUT2D eigenvalue weighted by atomic mass is 32.2. The van der Waals surface area contributed by atoms with E-state index >= 15 is 0 Å². The molecule has 3 nitrogen and oxygen atoms in total. The molecule has 0 N–H and O–H groups in total. The Bertz CT molecular complexity index is 552. The maximum atomic E-state index is 12.1. The van der Waals surface area contributed by atoms with Crippen molar-refractivity contribution in [3.63, 3.8) is 0 Å². The van der Waals surface area contributed by atoms with Gasteiger partial charge in [0, 0.05) is 4.91 Å². The molecule has 1 atom stereocenters. The highest BCUT2D eigenvalue weighted by Gasteiger charge is 2.27. The summed E-state index contributed by atoms with van der Waals surface area (Å²) in [6.07, 6.45) is 2.54. The van der Waals surface area contributed by atoms with Crippen LogP contribution in [0.1, 0.15) is 12.8 Å². The van der Waals surface area contributed by atoms with Crippen molar-refractivity contribution in [1.29, 1.82) is 5.26 Å². The number of nitriles is 1. The fraction of sp³-hybridized carbons (Fsp3) is 0.250. The van der Waals surface area contributed by atoms with Gasteiger partial charge in [-0.3, -0.25) is 0 Å². The van der Waals surface area contributed by atoms with Gasteiger partial charge < -0.3 is 0 Å². The van der Waals surface area contributed by atoms with Gasteiger partial charge in [0.15, 0.2) is 0 Å². The minimum Gasteiger partial charge on any atom is -0.219 e. The number of nitrogens with zero attached hydrogens (tertiary/aromatic N) is 1. The van der Waals surface area contributed by atoms with Gasteiger partial charge in [-0.2, -0.15) is 5.26 Å². The second-order valence-electron chi connectivity index (χ2n) is 3.75. The Morgan fingerprint density at radius 2 is 1.94 bits per heavy atom. The van der Waals surface area contributed by atoms with Crippen LogP contribution in [0, 0.1) is 17.2 Å². The van der Waals surface area contributed by atoms with E-state index in [1.54, 1.807) is 36.4 Å². The van der Waals surface area contributed by atoms with Crippen LogP contribution in [-0.4, -0.2) is 8.42 Å². The monoisotopic (exact) mass is 233 g/mol. The summed E-state index contributed by atoms with van der Waals surface area (Å²) in [5, 5.41) is 8.74. The van der Waals surface area contributed by atoms with Gasteiger partial charge in [0.2, 0.25) is 9.84 Å². The van der Waals surface area contributed by atoms with E-state index in [0.29, 0.717) is 22.6 Å². The molecule has 0 aromatic heterocycles. The van der Waals surface area contributed by atoms with Gasteiger partial charge in [-0.25, -0.2) is 8.42 Å². The van der Waals surface area contributed by atoms with E-state index < -0.39 is 9.84 Å². The molecule has 16 heavy (non-hydrogen) atoms. The van der Waals surface area contributed by atoms with Crippen LogP contribution in [0.3, 0.4) is 0 Å². The molecule has 0 aliphatic heterocycles. The predicted molar refractivity (Wildman–Crippen MR) is 60.0 cm³/mol. The van der Waals surface area contributed by atoms with E-state index in [0.717, 1.165) is 0 Å². The Hall–Kier alpha value is -1.60. The van der Waals surface area contributed by atoms with E-state index in [2.05, 4.69) is 6.07 Å². The lowest BCUT2D eigenvalue weighted by Crippen LogP contribution is -2.04. The number of allylic oxidation sites excluding steroid dienone is 2. The highest BCUT2D eigenvalue weighted by molar-refractivity contribution is 7.95. The summed E-state index contributed by atoms with van der Waals surface area (Å²) >= 11 is 0. The molecule has 0 fully saturated rings. The highest BCUT2D eigenvalue weighted by Crippen LogP contribution is 2.31. The van der Waals surface area contributed by atoms with Crippen molar-refractivity contribution in [2.45, 2.75) is 17.7 Å². The van der Waals surface area contributed by atoms with Crippen LogP contribution in [0.25, 0.3) is 0 Å². The molecule has 82 valence electrons. The number of sulfone groups is 1. The molecule has 1 aliphatic rings. The van der Waals surface area contributed by atoms with Crippen molar-refractivity contribution in [2.24, 2.45) is 5.92 Å². The largest absolute Gasteiger partial charge is 0.219 e. The average Bonchev–Trinajstić information content (AvgIpc) is 2.79. The van der Waals surface area contributed by atoms with E-state index in [4.69, 9.17) is 5.26 Å². The van der Waals surface area contributed by atoms with Gasteiger partial charge >= 0.3 is 0 Å². The zero-order valence-electron chi connectivity index (χ0n) is 8.63. The normalized spacial score (nSPS) is 20.2. The second-order valence-corrected chi connectivity index (χ2v) is 5.76. The molecular weight excluding hydrogens is 222 g/mol. The topological polar surface area (TPSA) is 57.9 Å². The Morgan fingerprint density at radius 3 is 2.50 bits per heavy atom. The third kappa shape index (κ3) is 1.86. The summed E-state index contributed by atoms with van der Waals surface area (Å²) in [6.45, 7) is 0. The van der Waals surface area contributed by atoms with Crippen LogP contribution in [-0.2, 0) is 9.84 Å². The Morgan fingerprint density at radius 1 is 1.25 bits per heavy atom. The summed E-state index contributed by atoms with van der Waals surface area (Å²) in [5.41, 5.74) is 0. The lowest BCUT2D eigenvalue weighted by Gasteiger charge is -2.05. The average molecular weight is 233 g/mol. The predicted octanol–water partition coefficient (Wildman–Crippen LogP) is 2.28. The number of hydrogen-bond acceptors (Lipinski definition) is 3. The molecule has 1 aromatic rings. The summed E-state index contributed by atoms with van der Waals surface area (Å²) in [5.74, 6) is -0.187. The zero-order chi connectivity index (χ0) is 11.6. The number of hydrogen-bond donors (Lipinski definition) is 0. The maximum absolute atomic E-state index is 12.1. The molecule has 1 aliphatic carbocycles. The van der Waals surface area contributed by atoms with Crippen LogP contribution in [0.2, 0.25) is 0 Å². The van der Waals surface area contributed by atoms with Gasteiger partial charge in [-0.15, -0.1) is 0 Å². The van der Waals surface area contributed by atoms with Crippen molar-refractivity contribution >= 4 is 9.84 Å². The van der Waals surface area contributed by atoms with Gasteiger partial charge in [0.1, 0.15) is 0 Å². The van der Waals surface area contributed by atoms with Gasteiger partial charge in [-0.1, -0.05) is 24.3 Å². The quantitative estimate of drug-likeness (QED) is 0.787. The van der Waals surface area contributed by atoms with E-state index in [1.165, 1.54) is 0 Å². The minimum absolute atomic E-state index is 0.187. The first-order valence-corrected chi connectivity index (χ1v) is 6.51. The molecule has 0 saturated carbocycles. The van der Waals surface area contributed by atoms with Crippen LogP contribution in [0.15, 0.2) is 46.2 Å². The number of benzene rings is 1. The molecule has 0 saturated heterocycles. The third-order valence-corrected chi connectivity index (χ3v) is 4.58. The van der Waals surface area contributed by atoms with E-state index in [9.17, 15) is 8.42 Å². The fourth-order valence-electron chi connectivity index (χ4n) is 1.75. The second kappa shape index (κ2) is 4.11. The van der Waals surface area contributed by atoms with Gasteiger partial charge in [0.05, 0.1) is 16.9 Å². The first-order chi connectivity index (χ1) is 7.64. The molecule has 0 bridgehead atoms. The molecule has 0 radical (unpaired) electrons. The number of rotatable bonds is 2. The minimum atomic E-state index is -3.37. The molecule has 0 heterocycles. The lowest BCUT2D eigenvalue weighted by molar-refractivity contribution is 0.599. The smallest absolute Gasteiger partial charge is 0.202 e. The SMILES string of the molecule is N#CC1CC=C(S(=O)(=O)c2ccccc2)C1. The van der Waals surface area contributed by atoms with Crippen molar-refractivity contribution in [3.8, 4) is 6.07 Å². The third-order valence-electron chi connectivity index (χ3n) is 2.66. The van der Waals surface area contributed by atoms with Crippen molar-refractivity contribution in [3.05, 3.63) is 41.3 Å². The van der Waals surface area contributed by atoms with E-state index in [1.807, 2.05) is 0 Å². The maximum Gasteiger partial charge on any atom is 0.202 e. The summed E-state index contributed by atoms with van der Waals surface area (Å²) in [7, 11) is -3.37.